The molecule has 0 N–H and O–H groups in total. The van der Waals surface area contributed by atoms with Gasteiger partial charge in [-0.05, 0) is 17.8 Å². The van der Waals surface area contributed by atoms with Gasteiger partial charge in [0, 0.05) is 57.7 Å². The fourth-order valence-electron chi connectivity index (χ4n) is 4.12. The second kappa shape index (κ2) is 6.79. The Balaban J connectivity index is 1.39. The molecule has 0 aliphatic carbocycles. The normalized spacial score (nSPS) is 23.0. The minimum absolute atomic E-state index is 0.0618. The molecule has 7 nitrogen and oxygen atoms in total. The minimum atomic E-state index is -0.0618. The Bertz CT molecular complexity index is 834. The Morgan fingerprint density at radius 1 is 1.12 bits per heavy atom. The zero-order valence-electron chi connectivity index (χ0n) is 15.7. The predicted octanol–water partition coefficient (Wildman–Crippen LogP) is 1.26. The number of fused-ring (bicyclic) bond motifs is 1. The van der Waals surface area contributed by atoms with Crippen LogP contribution in [0.5, 0.6) is 0 Å². The predicted molar refractivity (Wildman–Crippen MR) is 100 cm³/mol. The molecule has 2 aromatic rings. The number of rotatable bonds is 4. The van der Waals surface area contributed by atoms with E-state index in [9.17, 15) is 4.79 Å². The van der Waals surface area contributed by atoms with Crippen LogP contribution in [-0.4, -0.2) is 50.6 Å². The summed E-state index contributed by atoms with van der Waals surface area (Å²) in [5, 5.41) is 0. The Labute approximate surface area is 153 Å². The lowest BCUT2D eigenvalue weighted by Crippen LogP contribution is -2.30. The maximum atomic E-state index is 11.5. The summed E-state index contributed by atoms with van der Waals surface area (Å²) < 4.78 is 1.60. The lowest BCUT2D eigenvalue weighted by Gasteiger charge is -2.22. The zero-order chi connectivity index (χ0) is 18.3. The van der Waals surface area contributed by atoms with E-state index >= 15 is 0 Å². The molecule has 0 spiro atoms. The van der Waals surface area contributed by atoms with Gasteiger partial charge < -0.3 is 9.47 Å². The van der Waals surface area contributed by atoms with Crippen LogP contribution in [-0.2, 0) is 13.6 Å². The minimum Gasteiger partial charge on any atom is -0.356 e. The van der Waals surface area contributed by atoms with Crippen LogP contribution in [0.3, 0.4) is 0 Å². The number of anilines is 1. The Hall–Kier alpha value is -2.28. The van der Waals surface area contributed by atoms with Crippen LogP contribution in [0.25, 0.3) is 0 Å². The van der Waals surface area contributed by atoms with Crippen LogP contribution < -0.4 is 10.5 Å². The van der Waals surface area contributed by atoms with Gasteiger partial charge in [0.05, 0.1) is 11.9 Å². The molecule has 4 heterocycles. The van der Waals surface area contributed by atoms with Gasteiger partial charge >= 0.3 is 0 Å². The van der Waals surface area contributed by atoms with Crippen LogP contribution in [0.1, 0.15) is 31.2 Å². The molecule has 0 bridgehead atoms. The molecule has 2 saturated heterocycles. The maximum absolute atomic E-state index is 11.5. The molecule has 0 radical (unpaired) electrons. The van der Waals surface area contributed by atoms with Crippen molar-refractivity contribution in [3.05, 3.63) is 46.5 Å². The highest BCUT2D eigenvalue weighted by Gasteiger charge is 2.40. The second-order valence-corrected chi connectivity index (χ2v) is 7.90. The standard InChI is InChI=1S/C19H26N6O/c1-13(2)17-4-18(22-12-21-17)25-8-14-6-24(7-15(14)9-25)11-16-10-23(3)19(26)5-20-16/h4-5,10,12-15H,6-9,11H2,1-3H3. The van der Waals surface area contributed by atoms with Crippen LogP contribution in [0.4, 0.5) is 5.82 Å². The Kier molecular flexibility index (Phi) is 4.48. The largest absolute Gasteiger partial charge is 0.356 e. The van der Waals surface area contributed by atoms with Crippen molar-refractivity contribution in [2.24, 2.45) is 18.9 Å². The van der Waals surface area contributed by atoms with E-state index in [4.69, 9.17) is 0 Å². The van der Waals surface area contributed by atoms with E-state index in [0.29, 0.717) is 17.8 Å². The highest BCUT2D eigenvalue weighted by molar-refractivity contribution is 5.41. The molecule has 0 amide bonds. The first-order chi connectivity index (χ1) is 12.5. The fraction of sp³-hybridized carbons (Fsp3) is 0.579. The third kappa shape index (κ3) is 3.35. The first kappa shape index (κ1) is 17.1. The van der Waals surface area contributed by atoms with E-state index in [2.05, 4.69) is 44.7 Å². The van der Waals surface area contributed by atoms with Gasteiger partial charge in [-0.2, -0.15) is 0 Å². The molecular formula is C19H26N6O. The van der Waals surface area contributed by atoms with E-state index in [1.807, 2.05) is 6.20 Å². The molecule has 4 rings (SSSR count). The van der Waals surface area contributed by atoms with Crippen molar-refractivity contribution < 1.29 is 0 Å². The molecule has 2 atom stereocenters. The number of hydrogen-bond acceptors (Lipinski definition) is 6. The average molecular weight is 354 g/mol. The van der Waals surface area contributed by atoms with Gasteiger partial charge in [-0.15, -0.1) is 0 Å². The SMILES string of the molecule is CC(C)c1cc(N2CC3CN(Cc4cn(C)c(=O)cn4)CC3C2)ncn1. The summed E-state index contributed by atoms with van der Waals surface area (Å²) >= 11 is 0. The molecule has 0 aromatic carbocycles. The molecule has 7 heteroatoms. The molecule has 26 heavy (non-hydrogen) atoms. The summed E-state index contributed by atoms with van der Waals surface area (Å²) in [6.07, 6.45) is 4.95. The molecule has 2 aliphatic rings. The van der Waals surface area contributed by atoms with Crippen molar-refractivity contribution in [3.8, 4) is 0 Å². The van der Waals surface area contributed by atoms with E-state index < -0.39 is 0 Å². The highest BCUT2D eigenvalue weighted by Crippen LogP contribution is 2.34. The van der Waals surface area contributed by atoms with Crippen molar-refractivity contribution in [1.29, 1.82) is 0 Å². The van der Waals surface area contributed by atoms with E-state index in [-0.39, 0.29) is 5.56 Å². The summed E-state index contributed by atoms with van der Waals surface area (Å²) in [6, 6.07) is 2.14. The number of hydrogen-bond donors (Lipinski definition) is 0. The van der Waals surface area contributed by atoms with E-state index in [0.717, 1.165) is 49.9 Å². The number of aromatic nitrogens is 4. The fourth-order valence-corrected chi connectivity index (χ4v) is 4.12. The Morgan fingerprint density at radius 2 is 1.85 bits per heavy atom. The molecule has 2 fully saturated rings. The van der Waals surface area contributed by atoms with Crippen molar-refractivity contribution in [3.63, 3.8) is 0 Å². The zero-order valence-corrected chi connectivity index (χ0v) is 15.7. The van der Waals surface area contributed by atoms with Gasteiger partial charge in [0.2, 0.25) is 0 Å². The van der Waals surface area contributed by atoms with E-state index in [1.54, 1.807) is 17.9 Å². The molecule has 2 unspecified atom stereocenters. The van der Waals surface area contributed by atoms with Gasteiger partial charge in [-0.25, -0.2) is 9.97 Å². The maximum Gasteiger partial charge on any atom is 0.268 e. The van der Waals surface area contributed by atoms with Gasteiger partial charge in [-0.3, -0.25) is 14.7 Å². The third-order valence-electron chi connectivity index (χ3n) is 5.57. The van der Waals surface area contributed by atoms with E-state index in [1.165, 1.54) is 6.20 Å². The molecule has 138 valence electrons. The van der Waals surface area contributed by atoms with Crippen LogP contribution in [0.15, 0.2) is 29.6 Å². The first-order valence-electron chi connectivity index (χ1n) is 9.30. The summed E-state index contributed by atoms with van der Waals surface area (Å²) in [5.41, 5.74) is 2.00. The van der Waals surface area contributed by atoms with Crippen molar-refractivity contribution in [1.82, 2.24) is 24.4 Å². The average Bonchev–Trinajstić information content (AvgIpc) is 3.17. The first-order valence-corrected chi connectivity index (χ1v) is 9.30. The Morgan fingerprint density at radius 3 is 2.50 bits per heavy atom. The van der Waals surface area contributed by atoms with Crippen LogP contribution in [0.2, 0.25) is 0 Å². The summed E-state index contributed by atoms with van der Waals surface area (Å²) in [4.78, 5) is 29.5. The molecule has 0 saturated carbocycles. The number of aryl methyl sites for hydroxylation is 1. The van der Waals surface area contributed by atoms with Gasteiger partial charge in [0.25, 0.3) is 5.56 Å². The smallest absolute Gasteiger partial charge is 0.268 e. The van der Waals surface area contributed by atoms with Crippen molar-refractivity contribution >= 4 is 5.82 Å². The lowest BCUT2D eigenvalue weighted by atomic mass is 10.0. The quantitative estimate of drug-likeness (QED) is 0.824. The lowest BCUT2D eigenvalue weighted by molar-refractivity contribution is 0.304. The second-order valence-electron chi connectivity index (χ2n) is 7.90. The van der Waals surface area contributed by atoms with Crippen molar-refractivity contribution in [2.75, 3.05) is 31.1 Å². The number of likely N-dealkylation sites (tertiary alicyclic amines) is 1. The van der Waals surface area contributed by atoms with Crippen LogP contribution in [0, 0.1) is 11.8 Å². The van der Waals surface area contributed by atoms with Gasteiger partial charge in [0.1, 0.15) is 12.1 Å². The topological polar surface area (TPSA) is 67.2 Å². The van der Waals surface area contributed by atoms with Crippen LogP contribution >= 0.6 is 0 Å². The monoisotopic (exact) mass is 354 g/mol. The summed E-state index contributed by atoms with van der Waals surface area (Å²) in [6.45, 7) is 9.40. The number of nitrogens with zero attached hydrogens (tertiary/aromatic N) is 6. The highest BCUT2D eigenvalue weighted by atomic mass is 16.1. The van der Waals surface area contributed by atoms with Gasteiger partial charge in [-0.1, -0.05) is 13.8 Å². The van der Waals surface area contributed by atoms with Crippen molar-refractivity contribution in [2.45, 2.75) is 26.3 Å². The molecular weight excluding hydrogens is 328 g/mol. The molecule has 2 aromatic heterocycles. The summed E-state index contributed by atoms with van der Waals surface area (Å²) in [7, 11) is 1.78. The molecule has 2 aliphatic heterocycles. The van der Waals surface area contributed by atoms with Gasteiger partial charge in [0.15, 0.2) is 0 Å². The summed E-state index contributed by atoms with van der Waals surface area (Å²) in [5.74, 6) is 2.81. The third-order valence-corrected chi connectivity index (χ3v) is 5.57.